The van der Waals surface area contributed by atoms with Crippen molar-refractivity contribution in [2.45, 2.75) is 25.8 Å². The van der Waals surface area contributed by atoms with E-state index in [-0.39, 0.29) is 6.04 Å². The summed E-state index contributed by atoms with van der Waals surface area (Å²) in [5, 5.41) is 0. The van der Waals surface area contributed by atoms with Crippen molar-refractivity contribution >= 4 is 15.9 Å². The van der Waals surface area contributed by atoms with Crippen LogP contribution < -0.4 is 5.73 Å². The number of hydrogen-bond acceptors (Lipinski definition) is 2. The first-order valence-electron chi connectivity index (χ1n) is 5.77. The zero-order chi connectivity index (χ0) is 12.3. The van der Waals surface area contributed by atoms with Crippen molar-refractivity contribution in [3.05, 3.63) is 58.0 Å². The fourth-order valence-corrected chi connectivity index (χ4v) is 2.38. The molecule has 0 aliphatic heterocycles. The standard InChI is InChI=1S/C14H16BrNO/c1-2-10-3-5-11(6-4-10)9-13(16)12-7-8-17-14(12)15/h3-8,13H,2,9,16H2,1H3. The van der Waals surface area contributed by atoms with Gasteiger partial charge in [0, 0.05) is 11.6 Å². The van der Waals surface area contributed by atoms with Crippen LogP contribution in [0.2, 0.25) is 0 Å². The van der Waals surface area contributed by atoms with Gasteiger partial charge in [-0.1, -0.05) is 31.2 Å². The summed E-state index contributed by atoms with van der Waals surface area (Å²) in [6, 6.07) is 10.5. The highest BCUT2D eigenvalue weighted by atomic mass is 79.9. The Labute approximate surface area is 110 Å². The van der Waals surface area contributed by atoms with Crippen LogP contribution in [0.15, 0.2) is 45.7 Å². The smallest absolute Gasteiger partial charge is 0.173 e. The topological polar surface area (TPSA) is 39.2 Å². The highest BCUT2D eigenvalue weighted by molar-refractivity contribution is 9.10. The van der Waals surface area contributed by atoms with Crippen LogP contribution in [0.4, 0.5) is 0 Å². The second-order valence-electron chi connectivity index (χ2n) is 4.13. The summed E-state index contributed by atoms with van der Waals surface area (Å²) in [5.74, 6) is 0. The molecule has 1 unspecified atom stereocenters. The molecule has 2 rings (SSSR count). The molecule has 2 N–H and O–H groups in total. The summed E-state index contributed by atoms with van der Waals surface area (Å²) in [6.07, 6.45) is 3.54. The molecule has 90 valence electrons. The van der Waals surface area contributed by atoms with Crippen LogP contribution in [0.3, 0.4) is 0 Å². The van der Waals surface area contributed by atoms with Gasteiger partial charge in [-0.3, -0.25) is 0 Å². The summed E-state index contributed by atoms with van der Waals surface area (Å²) in [6.45, 7) is 2.16. The Balaban J connectivity index is 2.07. The number of rotatable bonds is 4. The lowest BCUT2D eigenvalue weighted by atomic mass is 10.0. The monoisotopic (exact) mass is 293 g/mol. The molecule has 0 radical (unpaired) electrons. The van der Waals surface area contributed by atoms with Gasteiger partial charge in [-0.25, -0.2) is 0 Å². The van der Waals surface area contributed by atoms with E-state index in [4.69, 9.17) is 10.2 Å². The van der Waals surface area contributed by atoms with Crippen LogP contribution >= 0.6 is 15.9 Å². The molecule has 0 aliphatic rings. The Kier molecular flexibility index (Phi) is 4.02. The Morgan fingerprint density at radius 3 is 2.35 bits per heavy atom. The van der Waals surface area contributed by atoms with E-state index in [0.29, 0.717) is 0 Å². The largest absolute Gasteiger partial charge is 0.457 e. The maximum absolute atomic E-state index is 6.15. The van der Waals surface area contributed by atoms with E-state index in [1.165, 1.54) is 11.1 Å². The molecule has 2 nitrogen and oxygen atoms in total. The van der Waals surface area contributed by atoms with Crippen LogP contribution in [0.1, 0.15) is 29.7 Å². The van der Waals surface area contributed by atoms with Crippen molar-refractivity contribution in [1.82, 2.24) is 0 Å². The van der Waals surface area contributed by atoms with Gasteiger partial charge in [0.05, 0.1) is 6.26 Å². The molecule has 0 spiro atoms. The van der Waals surface area contributed by atoms with E-state index in [9.17, 15) is 0 Å². The van der Waals surface area contributed by atoms with E-state index < -0.39 is 0 Å². The van der Waals surface area contributed by atoms with Gasteiger partial charge < -0.3 is 10.2 Å². The van der Waals surface area contributed by atoms with E-state index in [0.717, 1.165) is 23.1 Å². The summed E-state index contributed by atoms with van der Waals surface area (Å²) in [7, 11) is 0. The van der Waals surface area contributed by atoms with E-state index in [2.05, 4.69) is 47.1 Å². The van der Waals surface area contributed by atoms with E-state index in [1.807, 2.05) is 6.07 Å². The molecule has 0 bridgehead atoms. The molecular weight excluding hydrogens is 278 g/mol. The van der Waals surface area contributed by atoms with Crippen molar-refractivity contribution in [2.75, 3.05) is 0 Å². The first-order chi connectivity index (χ1) is 8.20. The fourth-order valence-electron chi connectivity index (χ4n) is 1.84. The van der Waals surface area contributed by atoms with Crippen molar-refractivity contribution in [1.29, 1.82) is 0 Å². The Morgan fingerprint density at radius 2 is 1.82 bits per heavy atom. The minimum absolute atomic E-state index is 0.0319. The quantitative estimate of drug-likeness (QED) is 0.930. The van der Waals surface area contributed by atoms with Gasteiger partial charge in [-0.15, -0.1) is 0 Å². The molecular formula is C14H16BrNO. The van der Waals surface area contributed by atoms with Crippen LogP contribution in [-0.2, 0) is 12.8 Å². The van der Waals surface area contributed by atoms with Gasteiger partial charge in [0.15, 0.2) is 4.67 Å². The number of halogens is 1. The average molecular weight is 294 g/mol. The van der Waals surface area contributed by atoms with Crippen LogP contribution in [0, 0.1) is 0 Å². The molecule has 1 aromatic carbocycles. The molecule has 17 heavy (non-hydrogen) atoms. The molecule has 0 aliphatic carbocycles. The van der Waals surface area contributed by atoms with Gasteiger partial charge >= 0.3 is 0 Å². The molecule has 1 aromatic heterocycles. The minimum Gasteiger partial charge on any atom is -0.457 e. The number of aryl methyl sites for hydroxylation is 1. The second kappa shape index (κ2) is 5.52. The number of benzene rings is 1. The molecule has 0 fully saturated rings. The van der Waals surface area contributed by atoms with Gasteiger partial charge in [-0.05, 0) is 46.0 Å². The van der Waals surface area contributed by atoms with Crippen molar-refractivity contribution in [2.24, 2.45) is 5.73 Å². The lowest BCUT2D eigenvalue weighted by Gasteiger charge is -2.10. The molecule has 0 amide bonds. The lowest BCUT2D eigenvalue weighted by Crippen LogP contribution is -2.13. The average Bonchev–Trinajstić information content (AvgIpc) is 2.76. The first kappa shape index (κ1) is 12.4. The summed E-state index contributed by atoms with van der Waals surface area (Å²) in [5.41, 5.74) is 9.78. The van der Waals surface area contributed by atoms with Crippen molar-refractivity contribution in [3.63, 3.8) is 0 Å². The molecule has 3 heteroatoms. The van der Waals surface area contributed by atoms with Gasteiger partial charge in [0.1, 0.15) is 0 Å². The predicted molar refractivity (Wildman–Crippen MR) is 72.9 cm³/mol. The normalized spacial score (nSPS) is 12.6. The number of furan rings is 1. The summed E-state index contributed by atoms with van der Waals surface area (Å²) >= 11 is 3.36. The maximum atomic E-state index is 6.15. The van der Waals surface area contributed by atoms with Crippen LogP contribution in [0.25, 0.3) is 0 Å². The maximum Gasteiger partial charge on any atom is 0.173 e. The van der Waals surface area contributed by atoms with Crippen LogP contribution in [0.5, 0.6) is 0 Å². The molecule has 0 saturated heterocycles. The van der Waals surface area contributed by atoms with Gasteiger partial charge in [0.2, 0.25) is 0 Å². The molecule has 0 saturated carbocycles. The zero-order valence-electron chi connectivity index (χ0n) is 9.82. The predicted octanol–water partition coefficient (Wildman–Crippen LogP) is 3.85. The number of hydrogen-bond donors (Lipinski definition) is 1. The fraction of sp³-hybridized carbons (Fsp3) is 0.286. The summed E-state index contributed by atoms with van der Waals surface area (Å²) in [4.78, 5) is 0. The summed E-state index contributed by atoms with van der Waals surface area (Å²) < 4.78 is 5.93. The highest BCUT2D eigenvalue weighted by Gasteiger charge is 2.12. The van der Waals surface area contributed by atoms with Crippen molar-refractivity contribution < 1.29 is 4.42 Å². The molecule has 2 aromatic rings. The van der Waals surface area contributed by atoms with Gasteiger partial charge in [0.25, 0.3) is 0 Å². The first-order valence-corrected chi connectivity index (χ1v) is 6.56. The number of nitrogens with two attached hydrogens (primary N) is 1. The lowest BCUT2D eigenvalue weighted by molar-refractivity contribution is 0.531. The van der Waals surface area contributed by atoms with E-state index in [1.54, 1.807) is 6.26 Å². The Bertz CT molecular complexity index is 475. The van der Waals surface area contributed by atoms with Gasteiger partial charge in [-0.2, -0.15) is 0 Å². The highest BCUT2D eigenvalue weighted by Crippen LogP contribution is 2.25. The third kappa shape index (κ3) is 2.99. The molecule has 1 heterocycles. The Hall–Kier alpha value is -1.06. The third-order valence-electron chi connectivity index (χ3n) is 2.93. The minimum atomic E-state index is -0.0319. The second-order valence-corrected chi connectivity index (χ2v) is 4.85. The van der Waals surface area contributed by atoms with Crippen LogP contribution in [-0.4, -0.2) is 0 Å². The molecule has 1 atom stereocenters. The SMILES string of the molecule is CCc1ccc(CC(N)c2ccoc2Br)cc1. The van der Waals surface area contributed by atoms with E-state index >= 15 is 0 Å². The van der Waals surface area contributed by atoms with Crippen molar-refractivity contribution in [3.8, 4) is 0 Å². The third-order valence-corrected chi connectivity index (χ3v) is 3.58. The zero-order valence-corrected chi connectivity index (χ0v) is 11.4. The Morgan fingerprint density at radius 1 is 1.18 bits per heavy atom.